The molecule has 0 spiro atoms. The molecule has 2 atom stereocenters. The van der Waals surface area contributed by atoms with Crippen molar-refractivity contribution >= 4 is 33.8 Å². The fourth-order valence-corrected chi connectivity index (χ4v) is 4.14. The fourth-order valence-electron chi connectivity index (χ4n) is 3.00. The second-order valence-corrected chi connectivity index (χ2v) is 8.37. The van der Waals surface area contributed by atoms with E-state index in [-0.39, 0.29) is 27.7 Å². The summed E-state index contributed by atoms with van der Waals surface area (Å²) in [4.78, 5) is 11.5. The summed E-state index contributed by atoms with van der Waals surface area (Å²) >= 11 is 3.29. The molecule has 2 aromatic heterocycles. The van der Waals surface area contributed by atoms with E-state index in [1.165, 1.54) is 27.0 Å². The van der Waals surface area contributed by atoms with Gasteiger partial charge in [-0.15, -0.1) is 0 Å². The molecule has 0 saturated heterocycles. The zero-order valence-corrected chi connectivity index (χ0v) is 18.1. The lowest BCUT2D eigenvalue weighted by molar-refractivity contribution is -0.199. The van der Waals surface area contributed by atoms with Gasteiger partial charge in [-0.25, -0.2) is 4.39 Å². The molecule has 6 nitrogen and oxygen atoms in total. The Labute approximate surface area is 178 Å². The monoisotopic (exact) mass is 461 g/mol. The Kier molecular flexibility index (Phi) is 6.40. The molecule has 3 rings (SSSR count). The van der Waals surface area contributed by atoms with Crippen molar-refractivity contribution in [1.82, 2.24) is 15.0 Å². The van der Waals surface area contributed by atoms with Crippen LogP contribution in [0.1, 0.15) is 22.4 Å². The Bertz CT molecular complexity index is 1080. The van der Waals surface area contributed by atoms with Crippen LogP contribution in [0.25, 0.3) is 11.0 Å². The molecule has 162 valence electrons. The molecule has 2 heterocycles. The predicted molar refractivity (Wildman–Crippen MR) is 108 cm³/mol. The summed E-state index contributed by atoms with van der Waals surface area (Å²) in [6.07, 6.45) is -2.65. The number of pyridine rings is 1. The molecule has 1 N–H and O–H groups in total. The van der Waals surface area contributed by atoms with Gasteiger partial charge in [-0.3, -0.25) is 9.97 Å². The smallest absolute Gasteiger partial charge is 0.444 e. The average Bonchev–Trinajstić information content (AvgIpc) is 3.11. The van der Waals surface area contributed by atoms with Gasteiger partial charge in [0.2, 0.25) is 0 Å². The van der Waals surface area contributed by atoms with E-state index >= 15 is 0 Å². The van der Waals surface area contributed by atoms with Crippen molar-refractivity contribution in [1.29, 1.82) is 0 Å². The standard InChI is InChI=1S/C19H19ClF3N3O3S/c1-9-7-12-15(11(3)16(9)29-19(22,23)17(20)21)26-18(25-12)30(27)8-13-10(2)14(28-4)5-6-24-13/h5-7,17H,8H2,1-4H3,(H,25,26). The third-order valence-electron chi connectivity index (χ3n) is 4.58. The molecule has 0 aliphatic rings. The predicted octanol–water partition coefficient (Wildman–Crippen LogP) is 4.71. The highest BCUT2D eigenvalue weighted by Crippen LogP contribution is 2.36. The van der Waals surface area contributed by atoms with Crippen molar-refractivity contribution in [3.8, 4) is 11.5 Å². The van der Waals surface area contributed by atoms with Gasteiger partial charge in [-0.1, -0.05) is 11.6 Å². The summed E-state index contributed by atoms with van der Waals surface area (Å²) in [6, 6.07) is 3.22. The Balaban J connectivity index is 1.94. The van der Waals surface area contributed by atoms with Gasteiger partial charge >= 0.3 is 11.3 Å². The largest absolute Gasteiger partial charge is 0.609 e. The van der Waals surface area contributed by atoms with Gasteiger partial charge in [0.25, 0.3) is 5.63 Å². The second kappa shape index (κ2) is 8.52. The number of nitrogens with one attached hydrogen (secondary N) is 1. The van der Waals surface area contributed by atoms with Crippen LogP contribution < -0.4 is 9.47 Å². The molecule has 0 aliphatic heterocycles. The molecule has 3 aromatic rings. The molecule has 0 saturated carbocycles. The van der Waals surface area contributed by atoms with E-state index in [2.05, 4.69) is 19.7 Å². The van der Waals surface area contributed by atoms with E-state index < -0.39 is 22.9 Å². The number of methoxy groups -OCH3 is 1. The Morgan fingerprint density at radius 2 is 2.00 bits per heavy atom. The van der Waals surface area contributed by atoms with E-state index in [1.54, 1.807) is 12.3 Å². The number of ether oxygens (including phenoxy) is 2. The highest BCUT2D eigenvalue weighted by Gasteiger charge is 2.43. The topological polar surface area (TPSA) is 83.1 Å². The molecule has 30 heavy (non-hydrogen) atoms. The van der Waals surface area contributed by atoms with E-state index in [0.717, 1.165) is 5.56 Å². The summed E-state index contributed by atoms with van der Waals surface area (Å²) < 4.78 is 62.9. The molecule has 11 heteroatoms. The van der Waals surface area contributed by atoms with Crippen molar-refractivity contribution in [2.24, 2.45) is 0 Å². The minimum Gasteiger partial charge on any atom is -0.609 e. The van der Waals surface area contributed by atoms with Gasteiger partial charge in [0.05, 0.1) is 18.3 Å². The second-order valence-electron chi connectivity index (χ2n) is 6.63. The van der Waals surface area contributed by atoms with Crippen LogP contribution >= 0.6 is 11.6 Å². The maximum absolute atomic E-state index is 13.6. The number of aromatic amines is 1. The van der Waals surface area contributed by atoms with Crippen molar-refractivity contribution < 1.29 is 27.2 Å². The SMILES string of the molecule is COc1ccnc(C[S+]([O-])c2nc3c(C)c(OC(F)(F)C(F)Cl)c(C)cc3[nH]2)c1C. The van der Waals surface area contributed by atoms with Crippen LogP contribution in [0.4, 0.5) is 13.2 Å². The number of benzene rings is 1. The Morgan fingerprint density at radius 1 is 1.30 bits per heavy atom. The number of hydrogen-bond acceptors (Lipinski definition) is 5. The van der Waals surface area contributed by atoms with Crippen LogP contribution in [0.2, 0.25) is 0 Å². The highest BCUT2D eigenvalue weighted by atomic mass is 35.5. The van der Waals surface area contributed by atoms with Gasteiger partial charge < -0.3 is 14.0 Å². The number of aromatic nitrogens is 3. The lowest BCUT2D eigenvalue weighted by Gasteiger charge is -2.20. The molecule has 0 fully saturated rings. The van der Waals surface area contributed by atoms with E-state index in [1.807, 2.05) is 6.92 Å². The van der Waals surface area contributed by atoms with Crippen LogP contribution in [0, 0.1) is 20.8 Å². The molecule has 1 aromatic carbocycles. The van der Waals surface area contributed by atoms with E-state index in [0.29, 0.717) is 22.5 Å². The van der Waals surface area contributed by atoms with Crippen molar-refractivity contribution in [3.05, 3.63) is 40.7 Å². The first-order valence-electron chi connectivity index (χ1n) is 8.77. The third kappa shape index (κ3) is 4.30. The molecule has 0 bridgehead atoms. The summed E-state index contributed by atoms with van der Waals surface area (Å²) in [7, 11) is 1.53. The summed E-state index contributed by atoms with van der Waals surface area (Å²) in [5.41, 5.74) is -0.317. The van der Waals surface area contributed by atoms with Gasteiger partial charge in [-0.05, 0) is 38.5 Å². The van der Waals surface area contributed by atoms with E-state index in [4.69, 9.17) is 16.3 Å². The molecule has 0 amide bonds. The molecular formula is C19H19ClF3N3O3S. The first-order chi connectivity index (χ1) is 14.0. The molecule has 0 aliphatic carbocycles. The first kappa shape index (κ1) is 22.5. The van der Waals surface area contributed by atoms with Gasteiger partial charge in [0.15, 0.2) is 5.75 Å². The lowest BCUT2D eigenvalue weighted by atomic mass is 10.1. The summed E-state index contributed by atoms with van der Waals surface area (Å²) in [5.74, 6) is 0.476. The maximum Gasteiger partial charge on any atom is 0.444 e. The van der Waals surface area contributed by atoms with Gasteiger partial charge in [0.1, 0.15) is 17.0 Å². The minimum atomic E-state index is -4.21. The van der Waals surface area contributed by atoms with Gasteiger partial charge in [-0.2, -0.15) is 13.8 Å². The number of imidazole rings is 1. The minimum absolute atomic E-state index is 0.0814. The van der Waals surface area contributed by atoms with E-state index in [9.17, 15) is 17.7 Å². The Hall–Kier alpha value is -2.17. The molecule has 2 unspecified atom stereocenters. The zero-order valence-electron chi connectivity index (χ0n) is 16.6. The highest BCUT2D eigenvalue weighted by molar-refractivity contribution is 7.90. The number of halogens is 4. The normalized spacial score (nSPS) is 14.0. The number of aryl methyl sites for hydroxylation is 2. The maximum atomic E-state index is 13.6. The van der Waals surface area contributed by atoms with Crippen molar-refractivity contribution in [2.75, 3.05) is 7.11 Å². The number of H-pyrrole nitrogens is 1. The number of fused-ring (bicyclic) bond motifs is 1. The average molecular weight is 462 g/mol. The van der Waals surface area contributed by atoms with Crippen LogP contribution in [0.5, 0.6) is 11.5 Å². The zero-order chi connectivity index (χ0) is 22.2. The van der Waals surface area contributed by atoms with Crippen LogP contribution in [-0.4, -0.2) is 38.4 Å². The third-order valence-corrected chi connectivity index (χ3v) is 5.99. The number of alkyl halides is 4. The van der Waals surface area contributed by atoms with Crippen LogP contribution in [0.3, 0.4) is 0 Å². The van der Waals surface area contributed by atoms with Crippen molar-refractivity contribution in [2.45, 2.75) is 43.4 Å². The first-order valence-corrected chi connectivity index (χ1v) is 10.5. The quantitative estimate of drug-likeness (QED) is 0.407. The van der Waals surface area contributed by atoms with Gasteiger partial charge in [0, 0.05) is 28.5 Å². The summed E-state index contributed by atoms with van der Waals surface area (Å²) in [6.45, 7) is 4.84. The number of hydrogen-bond donors (Lipinski definition) is 1. The van der Waals surface area contributed by atoms with Crippen molar-refractivity contribution in [3.63, 3.8) is 0 Å². The lowest BCUT2D eigenvalue weighted by Crippen LogP contribution is -2.33. The molecule has 0 radical (unpaired) electrons. The number of rotatable bonds is 7. The van der Waals surface area contributed by atoms with Crippen LogP contribution in [-0.2, 0) is 16.9 Å². The van der Waals surface area contributed by atoms with Crippen LogP contribution in [0.15, 0.2) is 23.5 Å². The Morgan fingerprint density at radius 3 is 2.63 bits per heavy atom. The number of nitrogens with zero attached hydrogens (tertiary/aromatic N) is 2. The summed E-state index contributed by atoms with van der Waals surface area (Å²) in [5, 5.41) is 0.154. The fraction of sp³-hybridized carbons (Fsp3) is 0.368. The molecular weight excluding hydrogens is 443 g/mol.